The minimum atomic E-state index is -0.444. The van der Waals surface area contributed by atoms with Gasteiger partial charge >= 0.3 is 0 Å². The minimum absolute atomic E-state index is 0.149. The fourth-order valence-electron chi connectivity index (χ4n) is 20.0. The van der Waals surface area contributed by atoms with E-state index in [2.05, 4.69) is 36.4 Å². The van der Waals surface area contributed by atoms with Gasteiger partial charge in [-0.05, 0) is 217 Å². The Morgan fingerprint density at radius 1 is 0.135 bits per heavy atom. The minimum Gasteiger partial charge on any atom is -0.455 e. The molecule has 0 N–H and O–H groups in total. The molecule has 0 atom stereocenters. The highest BCUT2D eigenvalue weighted by molar-refractivity contribution is 6.29. The fraction of sp³-hybridized carbons (Fsp3) is 0. The normalized spacial score (nSPS) is 14.3. The number of fused-ring (bicyclic) bond motifs is 20. The number of hydrogen-bond acceptors (Lipinski definition) is 3. The smallest absolute Gasteiger partial charge is 0.143 e. The third kappa shape index (κ3) is 12.8. The Morgan fingerprint density at radius 2 is 0.429 bits per heavy atom. The largest absolute Gasteiger partial charge is 0.455 e. The first kappa shape index (κ1) is 56.0. The summed E-state index contributed by atoms with van der Waals surface area (Å²) in [6, 6.07) is 100. The lowest BCUT2D eigenvalue weighted by Gasteiger charge is -2.18. The van der Waals surface area contributed by atoms with Gasteiger partial charge < -0.3 is 13.3 Å². The Labute approximate surface area is 800 Å². The van der Waals surface area contributed by atoms with Crippen LogP contribution >= 0.6 is 0 Å². The standard InChI is InChI=1S/C46H28O.2C42H26O/c1-2-13-32-31(12-1)28-42(34-15-4-3-14-33(32)34)29-24-26-30(27-25-29)44-36-17-5-7-19-38(36)45(39-20-8-6-18-37(39)44)41-22-11-21-40-35-16-9-10-23-43(35)47-46(40)41;1-2-16-30-27(12-1)13-10-22-31(30)28-14-9-15-29(26-28)40-33-18-3-5-20-35(33)41(36-21-6-4-19-34(36)40)38-24-11-23-37-32-17-7-8-25-39(32)43-42(37)38;1-2-11-27(12-3-1)28-21-22-30-26-31(24-23-29(30)25-28)40-33-14-4-6-16-35(33)41(36-17-7-5-15-34(36)40)38-19-10-18-37-32-13-8-9-20-39(32)43-42(37)38/h1-28H;2*1-26H/i5D,6D,7D,8D,17D,18D,19D,20D;3D,4D,5D,6D,18D,19D,20D,21D;4D,5D,6D,7D,14D,15D,16D,17D. The summed E-state index contributed by atoms with van der Waals surface area (Å²) in [6.07, 6.45) is 0. The van der Waals surface area contributed by atoms with E-state index in [1.165, 1.54) is 0 Å². The Hall–Kier alpha value is -17.5. The van der Waals surface area contributed by atoms with Crippen LogP contribution in [0.5, 0.6) is 0 Å². The van der Waals surface area contributed by atoms with Crippen molar-refractivity contribution in [2.24, 2.45) is 0 Å². The highest BCUT2D eigenvalue weighted by Gasteiger charge is 2.26. The molecule has 3 aromatic heterocycles. The summed E-state index contributed by atoms with van der Waals surface area (Å²) in [7, 11) is 0. The molecule has 25 aromatic carbocycles. The van der Waals surface area contributed by atoms with Crippen molar-refractivity contribution >= 4 is 174 Å². The summed E-state index contributed by atoms with van der Waals surface area (Å²) in [5.41, 5.74) is 13.9. The van der Waals surface area contributed by atoms with Gasteiger partial charge in [0, 0.05) is 65.7 Å². The Balaban J connectivity index is 0.000000117. The van der Waals surface area contributed by atoms with Gasteiger partial charge in [0.1, 0.15) is 33.5 Å². The summed E-state index contributed by atoms with van der Waals surface area (Å²) < 4.78 is 237. The molecule has 0 saturated heterocycles. The summed E-state index contributed by atoms with van der Waals surface area (Å²) in [5.74, 6) is 0. The second-order valence-corrected chi connectivity index (χ2v) is 33.1. The van der Waals surface area contributed by atoms with E-state index in [9.17, 15) is 16.4 Å². The van der Waals surface area contributed by atoms with Crippen molar-refractivity contribution in [3.8, 4) is 100 Å². The number of benzene rings is 25. The molecule has 0 radical (unpaired) electrons. The van der Waals surface area contributed by atoms with Crippen LogP contribution in [-0.2, 0) is 0 Å². The first-order valence-corrected chi connectivity index (χ1v) is 43.8. The van der Waals surface area contributed by atoms with Crippen molar-refractivity contribution in [1.29, 1.82) is 0 Å². The lowest BCUT2D eigenvalue weighted by atomic mass is 9.85. The second-order valence-electron chi connectivity index (χ2n) is 33.1. The predicted molar refractivity (Wildman–Crippen MR) is 565 cm³/mol. The van der Waals surface area contributed by atoms with Gasteiger partial charge in [0.2, 0.25) is 0 Å². The average Bonchev–Trinajstić information content (AvgIpc) is 1.52. The van der Waals surface area contributed by atoms with Gasteiger partial charge in [-0.25, -0.2) is 0 Å². The molecule has 0 aliphatic carbocycles. The maximum atomic E-state index is 9.36. The maximum Gasteiger partial charge on any atom is 0.143 e. The van der Waals surface area contributed by atoms with Crippen LogP contribution in [0.1, 0.15) is 32.9 Å². The molecule has 0 amide bonds. The van der Waals surface area contributed by atoms with Crippen molar-refractivity contribution in [2.45, 2.75) is 0 Å². The maximum absolute atomic E-state index is 9.36. The molecule has 618 valence electrons. The summed E-state index contributed by atoms with van der Waals surface area (Å²) >= 11 is 0. The SMILES string of the molecule is [2H]c1c([2H])c([2H])c2c(-c3cccc4c3oc3ccccc34)c3c([2H])c([2H])c([2H])c([2H])c3c(-c3ccc(-c4cc5ccccc5c5ccccc45)cc3)c2c1[2H].[2H]c1c([2H])c([2H])c2c(-c3cccc4c3oc3ccccc34)c3c([2H])c([2H])c([2H])c([2H])c3c(-c3ccc4cc(-c5ccccc5)ccc4c3)c2c1[2H].[2H]c1c([2H])c([2H])c2c(-c3cccc4c3oc3ccccc34)c3c([2H])c([2H])c([2H])c([2H])c3c(-c3cccc(-c4cccc5ccccc45)c3)c2c1[2H]. The summed E-state index contributed by atoms with van der Waals surface area (Å²) in [6.45, 7) is 0. The molecule has 28 aromatic rings. The molecule has 0 spiro atoms. The average molecular weight is 1710 g/mol. The Bertz CT molecular complexity index is 10900. The summed E-state index contributed by atoms with van der Waals surface area (Å²) in [5, 5.41) is 15.1. The molecule has 28 rings (SSSR count). The number of furan rings is 3. The fourth-order valence-corrected chi connectivity index (χ4v) is 20.0. The monoisotopic (exact) mass is 1710 g/mol. The molecule has 3 heterocycles. The van der Waals surface area contributed by atoms with E-state index in [1.54, 1.807) is 18.2 Å². The van der Waals surface area contributed by atoms with Gasteiger partial charge in [-0.15, -0.1) is 0 Å². The molecule has 3 heteroatoms. The van der Waals surface area contributed by atoms with Crippen molar-refractivity contribution in [2.75, 3.05) is 0 Å². The third-order valence-corrected chi connectivity index (χ3v) is 25.9. The molecule has 0 aliphatic rings. The lowest BCUT2D eigenvalue weighted by molar-refractivity contribution is 0.669. The van der Waals surface area contributed by atoms with Crippen LogP contribution in [0.15, 0.2) is 498 Å². The van der Waals surface area contributed by atoms with Gasteiger partial charge in [0.25, 0.3) is 0 Å². The number of rotatable bonds is 9. The van der Waals surface area contributed by atoms with Crippen LogP contribution in [0.25, 0.3) is 274 Å². The first-order valence-electron chi connectivity index (χ1n) is 55.8. The quantitative estimate of drug-likeness (QED) is 0.107. The van der Waals surface area contributed by atoms with Gasteiger partial charge in [-0.1, -0.05) is 442 Å². The molecule has 0 bridgehead atoms. The Kier molecular flexibility index (Phi) is 13.4. The van der Waals surface area contributed by atoms with Crippen molar-refractivity contribution < 1.29 is 46.1 Å². The van der Waals surface area contributed by atoms with Crippen LogP contribution in [0, 0.1) is 0 Å². The molecule has 133 heavy (non-hydrogen) atoms. The van der Waals surface area contributed by atoms with Crippen molar-refractivity contribution in [3.05, 3.63) is 485 Å². The molecule has 0 fully saturated rings. The van der Waals surface area contributed by atoms with Crippen molar-refractivity contribution in [3.63, 3.8) is 0 Å². The Morgan fingerprint density at radius 3 is 0.887 bits per heavy atom. The zero-order valence-corrected chi connectivity index (χ0v) is 70.6. The molecule has 0 saturated carbocycles. The molecular formula is C130H80O3. The third-order valence-electron chi connectivity index (χ3n) is 25.9. The van der Waals surface area contributed by atoms with E-state index in [0.717, 1.165) is 109 Å². The summed E-state index contributed by atoms with van der Waals surface area (Å²) in [4.78, 5) is 0. The number of para-hydroxylation sites is 6. The van der Waals surface area contributed by atoms with Crippen LogP contribution in [-0.4, -0.2) is 0 Å². The van der Waals surface area contributed by atoms with Gasteiger partial charge in [-0.3, -0.25) is 0 Å². The molecular weight excluding hydrogens is 1610 g/mol. The predicted octanol–water partition coefficient (Wildman–Crippen LogP) is 37.3. The van der Waals surface area contributed by atoms with Crippen LogP contribution in [0.3, 0.4) is 0 Å². The van der Waals surface area contributed by atoms with Crippen molar-refractivity contribution in [1.82, 2.24) is 0 Å². The number of hydrogen-bond donors (Lipinski definition) is 0. The molecule has 0 unspecified atom stereocenters. The van der Waals surface area contributed by atoms with Gasteiger partial charge in [0.05, 0.1) is 32.9 Å². The highest BCUT2D eigenvalue weighted by Crippen LogP contribution is 2.53. The van der Waals surface area contributed by atoms with Crippen LogP contribution < -0.4 is 0 Å². The van der Waals surface area contributed by atoms with E-state index in [-0.39, 0.29) is 154 Å². The molecule has 0 aliphatic heterocycles. The van der Waals surface area contributed by atoms with E-state index in [0.29, 0.717) is 83.6 Å². The topological polar surface area (TPSA) is 39.4 Å². The van der Waals surface area contributed by atoms with Gasteiger partial charge in [0.15, 0.2) is 0 Å². The van der Waals surface area contributed by atoms with E-state index >= 15 is 0 Å². The van der Waals surface area contributed by atoms with E-state index in [1.807, 2.05) is 285 Å². The molecule has 3 nitrogen and oxygen atoms in total. The first-order chi connectivity index (χ1) is 76.0. The zero-order chi connectivity index (χ0) is 108. The zero-order valence-electron chi connectivity index (χ0n) is 94.6. The van der Waals surface area contributed by atoms with Gasteiger partial charge in [-0.2, -0.15) is 0 Å². The van der Waals surface area contributed by atoms with Crippen LogP contribution in [0.4, 0.5) is 0 Å². The van der Waals surface area contributed by atoms with E-state index in [4.69, 9.17) is 29.7 Å². The van der Waals surface area contributed by atoms with Crippen LogP contribution in [0.2, 0.25) is 0 Å². The second kappa shape index (κ2) is 31.8. The van der Waals surface area contributed by atoms with E-state index < -0.39 is 72.5 Å². The lowest BCUT2D eigenvalue weighted by Crippen LogP contribution is -1.91. The highest BCUT2D eigenvalue weighted by atomic mass is 16.3.